The van der Waals surface area contributed by atoms with Gasteiger partial charge in [-0.2, -0.15) is 10.1 Å². The minimum atomic E-state index is -0.848. The van der Waals surface area contributed by atoms with Crippen LogP contribution in [0.4, 0.5) is 10.6 Å². The van der Waals surface area contributed by atoms with E-state index in [4.69, 9.17) is 10.00 Å². The molecule has 0 aliphatic carbocycles. The van der Waals surface area contributed by atoms with E-state index in [1.165, 1.54) is 18.2 Å². The van der Waals surface area contributed by atoms with Gasteiger partial charge in [0.2, 0.25) is 0 Å². The molecule has 1 aromatic carbocycles. The Balaban J connectivity index is 2.68. The van der Waals surface area contributed by atoms with E-state index in [1.807, 2.05) is 6.07 Å². The van der Waals surface area contributed by atoms with Crippen molar-refractivity contribution >= 4 is 22.8 Å². The van der Waals surface area contributed by atoms with Gasteiger partial charge in [0, 0.05) is 17.5 Å². The predicted octanol–water partition coefficient (Wildman–Crippen LogP) is 3.20. The highest BCUT2D eigenvalue weighted by Crippen LogP contribution is 2.27. The first-order valence-corrected chi connectivity index (χ1v) is 6.16. The van der Waals surface area contributed by atoms with Gasteiger partial charge < -0.3 is 14.9 Å². The van der Waals surface area contributed by atoms with Gasteiger partial charge in [0.1, 0.15) is 11.1 Å². The summed E-state index contributed by atoms with van der Waals surface area (Å²) >= 11 is 0. The lowest BCUT2D eigenvalue weighted by Gasteiger charge is -2.17. The number of fused-ring (bicyclic) bond motifs is 1. The molecular formula is C14H13N3O4. The van der Waals surface area contributed by atoms with E-state index in [0.717, 1.165) is 4.57 Å². The molecular weight excluding hydrogens is 274 g/mol. The topological polar surface area (TPSA) is 98.2 Å². The first-order valence-electron chi connectivity index (χ1n) is 6.16. The zero-order valence-corrected chi connectivity index (χ0v) is 11.8. The molecule has 0 unspecified atom stereocenters. The molecule has 1 aromatic heterocycles. The lowest BCUT2D eigenvalue weighted by molar-refractivity contribution is -0.390. The van der Waals surface area contributed by atoms with Gasteiger partial charge in [-0.1, -0.05) is 0 Å². The summed E-state index contributed by atoms with van der Waals surface area (Å²) in [6.45, 7) is 5.01. The number of nitrogens with zero attached hydrogens (tertiary/aromatic N) is 3. The van der Waals surface area contributed by atoms with Crippen molar-refractivity contribution in [2.75, 3.05) is 0 Å². The molecule has 2 aromatic rings. The molecule has 2 rings (SSSR count). The molecule has 0 aliphatic heterocycles. The maximum absolute atomic E-state index is 12.2. The first-order chi connectivity index (χ1) is 9.73. The van der Waals surface area contributed by atoms with Crippen LogP contribution in [-0.4, -0.2) is 21.2 Å². The van der Waals surface area contributed by atoms with Crippen LogP contribution >= 0.6 is 0 Å². The predicted molar refractivity (Wildman–Crippen MR) is 74.9 cm³/mol. The van der Waals surface area contributed by atoms with E-state index in [1.54, 1.807) is 26.8 Å². The zero-order chi connectivity index (χ0) is 15.8. The van der Waals surface area contributed by atoms with Crippen molar-refractivity contribution in [1.82, 2.24) is 4.57 Å². The SMILES string of the molecule is CC(C)(C)OC(=O)n1c([N+](=O)[O-])cc2ccc(C#N)cc21. The minimum absolute atomic E-state index is 0.273. The molecule has 108 valence electrons. The fourth-order valence-electron chi connectivity index (χ4n) is 1.89. The number of hydrogen-bond acceptors (Lipinski definition) is 5. The van der Waals surface area contributed by atoms with Gasteiger partial charge in [-0.05, 0) is 37.8 Å². The maximum atomic E-state index is 12.2. The van der Waals surface area contributed by atoms with Crippen molar-refractivity contribution in [3.05, 3.63) is 39.9 Å². The Bertz CT molecular complexity index is 778. The highest BCUT2D eigenvalue weighted by molar-refractivity contribution is 5.94. The van der Waals surface area contributed by atoms with Crippen molar-refractivity contribution < 1.29 is 14.5 Å². The van der Waals surface area contributed by atoms with Crippen molar-refractivity contribution in [3.8, 4) is 6.07 Å². The van der Waals surface area contributed by atoms with Crippen LogP contribution in [0.3, 0.4) is 0 Å². The maximum Gasteiger partial charge on any atom is 0.513 e. The standard InChI is InChI=1S/C14H13N3O4/c1-14(2,3)21-13(18)16-11-6-9(8-15)4-5-10(11)7-12(16)17(19)20/h4-7H,1-3H3. The number of rotatable bonds is 1. The molecule has 0 fully saturated rings. The number of carbonyl (C=O) groups is 1. The lowest BCUT2D eigenvalue weighted by atomic mass is 10.2. The van der Waals surface area contributed by atoms with E-state index in [-0.39, 0.29) is 5.52 Å². The number of aromatic nitrogens is 1. The third-order valence-corrected chi connectivity index (χ3v) is 2.68. The monoisotopic (exact) mass is 287 g/mol. The Kier molecular flexibility index (Phi) is 3.39. The van der Waals surface area contributed by atoms with E-state index in [2.05, 4.69) is 0 Å². The van der Waals surface area contributed by atoms with Crippen molar-refractivity contribution in [1.29, 1.82) is 5.26 Å². The van der Waals surface area contributed by atoms with Gasteiger partial charge in [-0.3, -0.25) is 0 Å². The quantitative estimate of drug-likeness (QED) is 0.592. The first kappa shape index (κ1) is 14.5. The summed E-state index contributed by atoms with van der Waals surface area (Å²) in [6.07, 6.45) is -0.848. The van der Waals surface area contributed by atoms with Gasteiger partial charge in [-0.15, -0.1) is 4.57 Å². The lowest BCUT2D eigenvalue weighted by Crippen LogP contribution is -2.27. The third-order valence-electron chi connectivity index (χ3n) is 2.68. The average molecular weight is 287 g/mol. The molecule has 0 saturated carbocycles. The van der Waals surface area contributed by atoms with Gasteiger partial charge in [0.25, 0.3) is 0 Å². The Hall–Kier alpha value is -2.88. The number of benzene rings is 1. The molecule has 0 bridgehead atoms. The third kappa shape index (κ3) is 2.84. The molecule has 0 aliphatic rings. The van der Waals surface area contributed by atoms with Crippen LogP contribution < -0.4 is 0 Å². The summed E-state index contributed by atoms with van der Waals surface area (Å²) < 4.78 is 6.07. The summed E-state index contributed by atoms with van der Waals surface area (Å²) in [6, 6.07) is 7.73. The summed E-state index contributed by atoms with van der Waals surface area (Å²) in [7, 11) is 0. The van der Waals surface area contributed by atoms with Crippen LogP contribution in [0.5, 0.6) is 0 Å². The molecule has 1 heterocycles. The molecule has 21 heavy (non-hydrogen) atoms. The highest BCUT2D eigenvalue weighted by Gasteiger charge is 2.30. The molecule has 7 nitrogen and oxygen atoms in total. The van der Waals surface area contributed by atoms with E-state index < -0.39 is 22.4 Å². The number of nitriles is 1. The Morgan fingerprint density at radius 2 is 2.05 bits per heavy atom. The highest BCUT2D eigenvalue weighted by atomic mass is 16.6. The largest absolute Gasteiger partial charge is 0.513 e. The van der Waals surface area contributed by atoms with Crippen LogP contribution in [0.2, 0.25) is 0 Å². The van der Waals surface area contributed by atoms with Crippen LogP contribution in [0, 0.1) is 21.4 Å². The number of hydrogen-bond donors (Lipinski definition) is 0. The fraction of sp³-hybridized carbons (Fsp3) is 0.286. The summed E-state index contributed by atoms with van der Waals surface area (Å²) in [5.41, 5.74) is -0.204. The molecule has 0 spiro atoms. The van der Waals surface area contributed by atoms with Crippen molar-refractivity contribution in [3.63, 3.8) is 0 Å². The van der Waals surface area contributed by atoms with Crippen LogP contribution in [-0.2, 0) is 4.74 Å². The Morgan fingerprint density at radius 3 is 2.57 bits per heavy atom. The number of nitro groups is 1. The molecule has 0 N–H and O–H groups in total. The summed E-state index contributed by atoms with van der Waals surface area (Å²) in [5.74, 6) is -0.394. The second-order valence-electron chi connectivity index (χ2n) is 5.46. The Morgan fingerprint density at radius 1 is 1.38 bits per heavy atom. The summed E-state index contributed by atoms with van der Waals surface area (Å²) in [4.78, 5) is 22.7. The van der Waals surface area contributed by atoms with E-state index in [0.29, 0.717) is 10.9 Å². The van der Waals surface area contributed by atoms with Gasteiger partial charge >= 0.3 is 11.9 Å². The van der Waals surface area contributed by atoms with E-state index >= 15 is 0 Å². The molecule has 7 heteroatoms. The van der Waals surface area contributed by atoms with Crippen LogP contribution in [0.25, 0.3) is 10.9 Å². The smallest absolute Gasteiger partial charge is 0.425 e. The fourth-order valence-corrected chi connectivity index (χ4v) is 1.89. The van der Waals surface area contributed by atoms with Crippen LogP contribution in [0.1, 0.15) is 26.3 Å². The minimum Gasteiger partial charge on any atom is -0.425 e. The zero-order valence-electron chi connectivity index (χ0n) is 11.8. The van der Waals surface area contributed by atoms with Gasteiger partial charge in [0.15, 0.2) is 0 Å². The number of ether oxygens (including phenoxy) is 1. The molecule has 0 saturated heterocycles. The van der Waals surface area contributed by atoms with Crippen molar-refractivity contribution in [2.24, 2.45) is 0 Å². The second kappa shape index (κ2) is 4.90. The average Bonchev–Trinajstić information content (AvgIpc) is 2.74. The second-order valence-corrected chi connectivity index (χ2v) is 5.46. The van der Waals surface area contributed by atoms with Crippen LogP contribution in [0.15, 0.2) is 24.3 Å². The van der Waals surface area contributed by atoms with Gasteiger partial charge in [-0.25, -0.2) is 0 Å². The van der Waals surface area contributed by atoms with Gasteiger partial charge in [0.05, 0.1) is 11.6 Å². The molecule has 0 amide bonds. The van der Waals surface area contributed by atoms with Crippen molar-refractivity contribution in [2.45, 2.75) is 26.4 Å². The Labute approximate surface area is 120 Å². The summed E-state index contributed by atoms with van der Waals surface area (Å²) in [5, 5.41) is 20.5. The van der Waals surface area contributed by atoms with E-state index in [9.17, 15) is 14.9 Å². The normalized spacial score (nSPS) is 11.1. The molecule has 0 radical (unpaired) electrons. The number of carbonyl (C=O) groups excluding carboxylic acids is 1. The molecule has 0 atom stereocenters.